The van der Waals surface area contributed by atoms with Gasteiger partial charge in [-0.15, -0.1) is 11.3 Å². The molecule has 1 N–H and O–H groups in total. The minimum atomic E-state index is -3.39. The highest BCUT2D eigenvalue weighted by atomic mass is 79.9. The first-order valence-electron chi connectivity index (χ1n) is 5.82. The molecule has 1 saturated carbocycles. The summed E-state index contributed by atoms with van der Waals surface area (Å²) >= 11 is 4.74. The molecule has 1 aliphatic carbocycles. The SMILES string of the molecule is CCOC1CC(NS(=O)(=O)c2cc(Br)sc2C)C1. The molecule has 4 nitrogen and oxygen atoms in total. The summed E-state index contributed by atoms with van der Waals surface area (Å²) in [7, 11) is -3.39. The van der Waals surface area contributed by atoms with Crippen molar-refractivity contribution in [2.75, 3.05) is 6.61 Å². The van der Waals surface area contributed by atoms with Crippen molar-refractivity contribution in [3.8, 4) is 0 Å². The molecular weight excluding hydrogens is 338 g/mol. The van der Waals surface area contributed by atoms with Crippen molar-refractivity contribution < 1.29 is 13.2 Å². The molecule has 0 spiro atoms. The van der Waals surface area contributed by atoms with Crippen LogP contribution < -0.4 is 4.72 Å². The average Bonchev–Trinajstić information content (AvgIpc) is 2.55. The topological polar surface area (TPSA) is 55.4 Å². The van der Waals surface area contributed by atoms with Crippen LogP contribution in [0.5, 0.6) is 0 Å². The molecule has 0 aromatic carbocycles. The van der Waals surface area contributed by atoms with Crippen molar-refractivity contribution in [2.24, 2.45) is 0 Å². The van der Waals surface area contributed by atoms with Gasteiger partial charge in [0.1, 0.15) is 0 Å². The lowest BCUT2D eigenvalue weighted by atomic mass is 9.90. The Balaban J connectivity index is 1.99. The van der Waals surface area contributed by atoms with Gasteiger partial charge in [0.15, 0.2) is 0 Å². The highest BCUT2D eigenvalue weighted by molar-refractivity contribution is 9.11. The molecule has 18 heavy (non-hydrogen) atoms. The number of hydrogen-bond acceptors (Lipinski definition) is 4. The highest BCUT2D eigenvalue weighted by Crippen LogP contribution is 2.31. The number of halogens is 1. The number of rotatable bonds is 5. The van der Waals surface area contributed by atoms with E-state index in [4.69, 9.17) is 4.74 Å². The Labute approximate surface area is 120 Å². The van der Waals surface area contributed by atoms with E-state index in [-0.39, 0.29) is 12.1 Å². The third kappa shape index (κ3) is 3.14. The molecule has 1 aliphatic rings. The Kier molecular flexibility index (Phi) is 4.48. The van der Waals surface area contributed by atoms with Gasteiger partial charge < -0.3 is 4.74 Å². The van der Waals surface area contributed by atoms with Crippen molar-refractivity contribution in [3.05, 3.63) is 14.7 Å². The second-order valence-corrected chi connectivity index (χ2v) is 8.66. The quantitative estimate of drug-likeness (QED) is 0.885. The second kappa shape index (κ2) is 5.58. The predicted molar refractivity (Wildman–Crippen MR) is 75.5 cm³/mol. The minimum absolute atomic E-state index is 0.00428. The first-order chi connectivity index (χ1) is 8.42. The minimum Gasteiger partial charge on any atom is -0.378 e. The third-order valence-electron chi connectivity index (χ3n) is 2.95. The molecule has 1 aromatic rings. The van der Waals surface area contributed by atoms with Gasteiger partial charge in [-0.1, -0.05) is 0 Å². The van der Waals surface area contributed by atoms with Gasteiger partial charge in [0.2, 0.25) is 10.0 Å². The molecule has 0 saturated heterocycles. The molecule has 2 rings (SSSR count). The summed E-state index contributed by atoms with van der Waals surface area (Å²) in [4.78, 5) is 1.18. The predicted octanol–water partition coefficient (Wildman–Crippen LogP) is 2.66. The zero-order valence-corrected chi connectivity index (χ0v) is 13.5. The van der Waals surface area contributed by atoms with Crippen molar-refractivity contribution in [2.45, 2.75) is 43.7 Å². The number of sulfonamides is 1. The fourth-order valence-electron chi connectivity index (χ4n) is 2.01. The standard InChI is InChI=1S/C11H16BrNO3S2/c1-3-16-9-4-8(5-9)13-18(14,15)10-6-11(12)17-7(10)2/h6,8-9,13H,3-5H2,1-2H3. The molecule has 1 fully saturated rings. The Morgan fingerprint density at radius 2 is 2.22 bits per heavy atom. The fourth-order valence-corrected chi connectivity index (χ4v) is 5.69. The summed E-state index contributed by atoms with van der Waals surface area (Å²) in [5.41, 5.74) is 0. The molecule has 102 valence electrons. The van der Waals surface area contributed by atoms with Crippen LogP contribution in [0.2, 0.25) is 0 Å². The first kappa shape index (κ1) is 14.5. The molecule has 7 heteroatoms. The lowest BCUT2D eigenvalue weighted by Crippen LogP contribution is -2.47. The van der Waals surface area contributed by atoms with Crippen LogP contribution in [-0.4, -0.2) is 27.2 Å². The van der Waals surface area contributed by atoms with Crippen molar-refractivity contribution >= 4 is 37.3 Å². The van der Waals surface area contributed by atoms with Gasteiger partial charge in [0.25, 0.3) is 0 Å². The monoisotopic (exact) mass is 353 g/mol. The maximum atomic E-state index is 12.2. The van der Waals surface area contributed by atoms with Crippen LogP contribution in [0, 0.1) is 6.92 Å². The Bertz CT molecular complexity index is 520. The first-order valence-corrected chi connectivity index (χ1v) is 8.91. The highest BCUT2D eigenvalue weighted by Gasteiger charge is 2.33. The zero-order chi connectivity index (χ0) is 13.3. The van der Waals surface area contributed by atoms with E-state index in [9.17, 15) is 8.42 Å². The summed E-state index contributed by atoms with van der Waals surface area (Å²) in [5, 5.41) is 0. The number of ether oxygens (including phenoxy) is 1. The Morgan fingerprint density at radius 3 is 2.72 bits per heavy atom. The van der Waals surface area contributed by atoms with E-state index in [0.717, 1.165) is 21.5 Å². The Hall–Kier alpha value is 0.0500. The molecule has 1 aromatic heterocycles. The molecular formula is C11H16BrNO3S2. The van der Waals surface area contributed by atoms with Crippen LogP contribution in [0.3, 0.4) is 0 Å². The van der Waals surface area contributed by atoms with Gasteiger partial charge in [-0.05, 0) is 48.7 Å². The van der Waals surface area contributed by atoms with E-state index in [1.807, 2.05) is 13.8 Å². The van der Waals surface area contributed by atoms with Crippen LogP contribution in [0.4, 0.5) is 0 Å². The van der Waals surface area contributed by atoms with E-state index < -0.39 is 10.0 Å². The van der Waals surface area contributed by atoms with Gasteiger partial charge >= 0.3 is 0 Å². The Morgan fingerprint density at radius 1 is 1.56 bits per heavy atom. The smallest absolute Gasteiger partial charge is 0.241 e. The molecule has 0 amide bonds. The lowest BCUT2D eigenvalue weighted by molar-refractivity contribution is -0.00475. The van der Waals surface area contributed by atoms with Gasteiger partial charge in [0.05, 0.1) is 14.8 Å². The third-order valence-corrected chi connectivity index (χ3v) is 6.28. The zero-order valence-electron chi connectivity index (χ0n) is 10.3. The number of nitrogens with one attached hydrogen (secondary N) is 1. The summed E-state index contributed by atoms with van der Waals surface area (Å²) in [6.07, 6.45) is 1.73. The summed E-state index contributed by atoms with van der Waals surface area (Å²) in [6.45, 7) is 4.44. The lowest BCUT2D eigenvalue weighted by Gasteiger charge is -2.35. The van der Waals surface area contributed by atoms with Crippen molar-refractivity contribution in [3.63, 3.8) is 0 Å². The van der Waals surface area contributed by atoms with Gasteiger partial charge in [0, 0.05) is 17.5 Å². The molecule has 0 unspecified atom stereocenters. The molecule has 0 atom stereocenters. The van der Waals surface area contributed by atoms with E-state index in [2.05, 4.69) is 20.7 Å². The number of hydrogen-bond donors (Lipinski definition) is 1. The summed E-state index contributed by atoms with van der Waals surface area (Å²) in [5.74, 6) is 0. The van der Waals surface area contributed by atoms with E-state index in [1.165, 1.54) is 11.3 Å². The summed E-state index contributed by atoms with van der Waals surface area (Å²) < 4.78 is 33.3. The second-order valence-electron chi connectivity index (χ2n) is 4.34. The van der Waals surface area contributed by atoms with E-state index in [0.29, 0.717) is 11.5 Å². The molecule has 1 heterocycles. The van der Waals surface area contributed by atoms with Gasteiger partial charge in [-0.2, -0.15) is 0 Å². The largest absolute Gasteiger partial charge is 0.378 e. The van der Waals surface area contributed by atoms with Crippen LogP contribution in [0.15, 0.2) is 14.7 Å². The summed E-state index contributed by atoms with van der Waals surface area (Å²) in [6, 6.07) is 1.66. The number of aryl methyl sites for hydroxylation is 1. The average molecular weight is 354 g/mol. The van der Waals surface area contributed by atoms with Gasteiger partial charge in [-0.3, -0.25) is 0 Å². The van der Waals surface area contributed by atoms with Crippen LogP contribution in [0.25, 0.3) is 0 Å². The molecule has 0 bridgehead atoms. The number of thiophene rings is 1. The van der Waals surface area contributed by atoms with Crippen LogP contribution in [-0.2, 0) is 14.8 Å². The van der Waals surface area contributed by atoms with Crippen LogP contribution >= 0.6 is 27.3 Å². The maximum absolute atomic E-state index is 12.2. The normalized spacial score (nSPS) is 23.9. The van der Waals surface area contributed by atoms with Crippen LogP contribution in [0.1, 0.15) is 24.6 Å². The van der Waals surface area contributed by atoms with E-state index >= 15 is 0 Å². The van der Waals surface area contributed by atoms with Gasteiger partial charge in [-0.25, -0.2) is 13.1 Å². The molecule has 0 aliphatic heterocycles. The van der Waals surface area contributed by atoms with Crippen molar-refractivity contribution in [1.29, 1.82) is 0 Å². The van der Waals surface area contributed by atoms with Crippen molar-refractivity contribution in [1.82, 2.24) is 4.72 Å². The molecule has 0 radical (unpaired) electrons. The fraction of sp³-hybridized carbons (Fsp3) is 0.636. The van der Waals surface area contributed by atoms with E-state index in [1.54, 1.807) is 6.07 Å². The maximum Gasteiger partial charge on any atom is 0.241 e.